The van der Waals surface area contributed by atoms with Gasteiger partial charge in [-0.3, -0.25) is 19.5 Å². The van der Waals surface area contributed by atoms with E-state index >= 15 is 0 Å². The molecule has 0 saturated carbocycles. The van der Waals surface area contributed by atoms with Gasteiger partial charge in [-0.05, 0) is 45.2 Å². The summed E-state index contributed by atoms with van der Waals surface area (Å²) in [6.45, 7) is 4.50. The fourth-order valence-corrected chi connectivity index (χ4v) is 3.89. The molecule has 1 unspecified atom stereocenters. The maximum Gasteiger partial charge on any atom is 0.290 e. The molecule has 9 nitrogen and oxygen atoms in total. The third-order valence-corrected chi connectivity index (χ3v) is 5.44. The van der Waals surface area contributed by atoms with Crippen LogP contribution in [0.15, 0.2) is 33.7 Å². The Labute approximate surface area is 166 Å². The van der Waals surface area contributed by atoms with E-state index in [1.54, 1.807) is 21.5 Å². The van der Waals surface area contributed by atoms with Crippen molar-refractivity contribution in [3.05, 3.63) is 57.5 Å². The number of amides is 2. The molecule has 1 atom stereocenters. The molecule has 2 amide bonds. The highest BCUT2D eigenvalue weighted by atomic mass is 16.3. The van der Waals surface area contributed by atoms with E-state index in [0.717, 1.165) is 29.8 Å². The SMILES string of the molecule is Cc1nc2cc(=O)[nH]n2c(C)c1CNC(=O)C1CCCCN1C(=O)c1ccco1. The smallest absolute Gasteiger partial charge is 0.290 e. The average Bonchev–Trinajstić information content (AvgIpc) is 3.36. The normalized spacial score (nSPS) is 16.9. The predicted molar refractivity (Wildman–Crippen MR) is 105 cm³/mol. The van der Waals surface area contributed by atoms with Crippen LogP contribution in [-0.2, 0) is 11.3 Å². The molecule has 2 N–H and O–H groups in total. The summed E-state index contributed by atoms with van der Waals surface area (Å²) in [6.07, 6.45) is 3.80. The molecule has 0 aromatic carbocycles. The van der Waals surface area contributed by atoms with Gasteiger partial charge in [0.1, 0.15) is 6.04 Å². The van der Waals surface area contributed by atoms with Crippen LogP contribution in [0.2, 0.25) is 0 Å². The molecule has 1 aliphatic rings. The minimum atomic E-state index is -0.537. The number of aromatic amines is 1. The molecular formula is C20H23N5O4. The van der Waals surface area contributed by atoms with Crippen LogP contribution in [0.4, 0.5) is 0 Å². The van der Waals surface area contributed by atoms with Gasteiger partial charge in [0.25, 0.3) is 11.5 Å². The molecule has 9 heteroatoms. The number of hydrogen-bond acceptors (Lipinski definition) is 5. The number of nitrogens with zero attached hydrogens (tertiary/aromatic N) is 3. The Kier molecular flexibility index (Phi) is 4.96. The number of furan rings is 1. The van der Waals surface area contributed by atoms with E-state index in [-0.39, 0.29) is 29.7 Å². The van der Waals surface area contributed by atoms with Gasteiger partial charge in [0.2, 0.25) is 5.91 Å². The lowest BCUT2D eigenvalue weighted by Gasteiger charge is -2.34. The van der Waals surface area contributed by atoms with Crippen LogP contribution in [0.3, 0.4) is 0 Å². The monoisotopic (exact) mass is 397 g/mol. The first-order valence-corrected chi connectivity index (χ1v) is 9.65. The molecule has 1 aliphatic heterocycles. The lowest BCUT2D eigenvalue weighted by atomic mass is 10.0. The molecule has 0 spiro atoms. The number of piperidine rings is 1. The van der Waals surface area contributed by atoms with Crippen molar-refractivity contribution in [2.75, 3.05) is 6.54 Å². The maximum absolute atomic E-state index is 12.9. The summed E-state index contributed by atoms with van der Waals surface area (Å²) < 4.78 is 6.83. The Balaban J connectivity index is 1.52. The van der Waals surface area contributed by atoms with E-state index in [1.165, 1.54) is 12.3 Å². The fraction of sp³-hybridized carbons (Fsp3) is 0.400. The molecular weight excluding hydrogens is 374 g/mol. The van der Waals surface area contributed by atoms with Gasteiger partial charge in [0, 0.05) is 36.1 Å². The van der Waals surface area contributed by atoms with Crippen LogP contribution in [0.1, 0.15) is 46.8 Å². The van der Waals surface area contributed by atoms with Crippen molar-refractivity contribution in [1.82, 2.24) is 24.8 Å². The molecule has 0 radical (unpaired) electrons. The first-order chi connectivity index (χ1) is 14.0. The number of nitrogens with one attached hydrogen (secondary N) is 2. The highest BCUT2D eigenvalue weighted by molar-refractivity contribution is 5.95. The van der Waals surface area contributed by atoms with Crippen LogP contribution in [0.5, 0.6) is 0 Å². The standard InChI is InChI=1S/C20H23N5O4/c1-12-14(13(2)25-17(22-12)10-18(26)23-25)11-21-19(27)15-6-3-4-8-24(15)20(28)16-7-5-9-29-16/h5,7,9-10,15H,3-4,6,8,11H2,1-2H3,(H,21,27)(H,23,26). The number of carbonyl (C=O) groups excluding carboxylic acids is 2. The number of hydrogen-bond donors (Lipinski definition) is 2. The second-order valence-electron chi connectivity index (χ2n) is 7.28. The Hall–Kier alpha value is -3.36. The van der Waals surface area contributed by atoms with E-state index in [0.29, 0.717) is 18.6 Å². The van der Waals surface area contributed by atoms with Crippen LogP contribution in [-0.4, -0.2) is 43.9 Å². The lowest BCUT2D eigenvalue weighted by molar-refractivity contribution is -0.126. The second kappa shape index (κ2) is 7.57. The van der Waals surface area contributed by atoms with E-state index < -0.39 is 6.04 Å². The summed E-state index contributed by atoms with van der Waals surface area (Å²) in [6, 6.07) is 4.16. The van der Waals surface area contributed by atoms with Crippen molar-refractivity contribution in [3.63, 3.8) is 0 Å². The summed E-state index contributed by atoms with van der Waals surface area (Å²) in [5.41, 5.74) is 2.70. The third-order valence-electron chi connectivity index (χ3n) is 5.44. The van der Waals surface area contributed by atoms with E-state index in [1.807, 2.05) is 13.8 Å². The summed E-state index contributed by atoms with van der Waals surface area (Å²) in [4.78, 5) is 43.3. The zero-order chi connectivity index (χ0) is 20.5. The number of rotatable bonds is 4. The van der Waals surface area contributed by atoms with Crippen LogP contribution >= 0.6 is 0 Å². The molecule has 3 aromatic rings. The largest absolute Gasteiger partial charge is 0.459 e. The Morgan fingerprint density at radius 2 is 2.17 bits per heavy atom. The second-order valence-corrected chi connectivity index (χ2v) is 7.28. The molecule has 29 heavy (non-hydrogen) atoms. The zero-order valence-corrected chi connectivity index (χ0v) is 16.4. The fourth-order valence-electron chi connectivity index (χ4n) is 3.89. The molecule has 0 aliphatic carbocycles. The van der Waals surface area contributed by atoms with Crippen LogP contribution in [0.25, 0.3) is 5.65 Å². The average molecular weight is 397 g/mol. The molecule has 152 valence electrons. The molecule has 1 saturated heterocycles. The van der Waals surface area contributed by atoms with Gasteiger partial charge in [-0.25, -0.2) is 9.50 Å². The highest BCUT2D eigenvalue weighted by Gasteiger charge is 2.33. The van der Waals surface area contributed by atoms with Crippen molar-refractivity contribution < 1.29 is 14.0 Å². The van der Waals surface area contributed by atoms with Gasteiger partial charge < -0.3 is 14.6 Å². The maximum atomic E-state index is 12.9. The number of fused-ring (bicyclic) bond motifs is 1. The molecule has 3 aromatic heterocycles. The molecule has 4 rings (SSSR count). The summed E-state index contributed by atoms with van der Waals surface area (Å²) in [5.74, 6) is -0.234. The van der Waals surface area contributed by atoms with Gasteiger partial charge in [0.05, 0.1) is 6.26 Å². The summed E-state index contributed by atoms with van der Waals surface area (Å²) in [5, 5.41) is 5.65. The minimum Gasteiger partial charge on any atom is -0.459 e. The number of aromatic nitrogens is 3. The minimum absolute atomic E-state index is 0.204. The number of likely N-dealkylation sites (tertiary alicyclic amines) is 1. The zero-order valence-electron chi connectivity index (χ0n) is 16.4. The highest BCUT2D eigenvalue weighted by Crippen LogP contribution is 2.21. The van der Waals surface area contributed by atoms with Gasteiger partial charge in [0.15, 0.2) is 11.4 Å². The van der Waals surface area contributed by atoms with Crippen molar-refractivity contribution >= 4 is 17.5 Å². The Morgan fingerprint density at radius 3 is 2.93 bits per heavy atom. The molecule has 0 bridgehead atoms. The topological polar surface area (TPSA) is 113 Å². The first kappa shape index (κ1) is 19.0. The van der Waals surface area contributed by atoms with Gasteiger partial charge in [-0.1, -0.05) is 0 Å². The first-order valence-electron chi connectivity index (χ1n) is 9.65. The van der Waals surface area contributed by atoms with Crippen LogP contribution < -0.4 is 10.9 Å². The van der Waals surface area contributed by atoms with Gasteiger partial charge in [-0.2, -0.15) is 0 Å². The van der Waals surface area contributed by atoms with E-state index in [9.17, 15) is 14.4 Å². The van der Waals surface area contributed by atoms with Gasteiger partial charge in [-0.15, -0.1) is 0 Å². The number of H-pyrrole nitrogens is 1. The summed E-state index contributed by atoms with van der Waals surface area (Å²) >= 11 is 0. The van der Waals surface area contributed by atoms with Crippen molar-refractivity contribution in [2.24, 2.45) is 0 Å². The number of carbonyl (C=O) groups is 2. The van der Waals surface area contributed by atoms with E-state index in [2.05, 4.69) is 15.4 Å². The van der Waals surface area contributed by atoms with Crippen LogP contribution in [0, 0.1) is 13.8 Å². The Bertz CT molecular complexity index is 1110. The number of aryl methyl sites for hydroxylation is 2. The van der Waals surface area contributed by atoms with Crippen molar-refractivity contribution in [3.8, 4) is 0 Å². The Morgan fingerprint density at radius 1 is 1.34 bits per heavy atom. The summed E-state index contributed by atoms with van der Waals surface area (Å²) in [7, 11) is 0. The molecule has 1 fully saturated rings. The quantitative estimate of drug-likeness (QED) is 0.693. The van der Waals surface area contributed by atoms with Gasteiger partial charge >= 0.3 is 0 Å². The van der Waals surface area contributed by atoms with Crippen molar-refractivity contribution in [1.29, 1.82) is 0 Å². The molecule has 4 heterocycles. The lowest BCUT2D eigenvalue weighted by Crippen LogP contribution is -2.51. The van der Waals surface area contributed by atoms with E-state index in [4.69, 9.17) is 4.42 Å². The third kappa shape index (κ3) is 3.55. The predicted octanol–water partition coefficient (Wildman–Crippen LogP) is 1.54. The van der Waals surface area contributed by atoms with Crippen molar-refractivity contribution in [2.45, 2.75) is 45.7 Å².